The fourth-order valence-electron chi connectivity index (χ4n) is 1.38. The molecule has 1 N–H and O–H groups in total. The minimum atomic E-state index is 0.324. The van der Waals surface area contributed by atoms with Gasteiger partial charge in [-0.1, -0.05) is 6.07 Å². The average molecular weight is 210 g/mol. The summed E-state index contributed by atoms with van der Waals surface area (Å²) in [5.74, 6) is 0.645. The number of likely N-dealkylation sites (N-methyl/N-ethyl adjacent to an activating group) is 1. The molecular formula is C11H18N2O2. The number of nitrogens with zero attached hydrogens (tertiary/aromatic N) is 1. The lowest BCUT2D eigenvalue weighted by molar-refractivity contribution is 0.169. The van der Waals surface area contributed by atoms with Crippen LogP contribution in [-0.2, 0) is 11.2 Å². The van der Waals surface area contributed by atoms with Crippen LogP contribution in [0.5, 0.6) is 5.88 Å². The van der Waals surface area contributed by atoms with Gasteiger partial charge in [-0.25, -0.2) is 4.98 Å². The molecule has 0 fully saturated rings. The zero-order valence-corrected chi connectivity index (χ0v) is 9.49. The lowest BCUT2D eigenvalue weighted by Crippen LogP contribution is -2.32. The van der Waals surface area contributed by atoms with E-state index in [1.807, 2.05) is 25.4 Å². The van der Waals surface area contributed by atoms with E-state index < -0.39 is 0 Å². The van der Waals surface area contributed by atoms with Gasteiger partial charge in [0.05, 0.1) is 13.7 Å². The Morgan fingerprint density at radius 3 is 2.67 bits per heavy atom. The van der Waals surface area contributed by atoms with E-state index >= 15 is 0 Å². The second-order valence-corrected chi connectivity index (χ2v) is 3.35. The molecule has 1 aromatic heterocycles. The molecule has 0 saturated carbocycles. The van der Waals surface area contributed by atoms with Crippen molar-refractivity contribution in [2.75, 3.05) is 27.9 Å². The molecule has 0 aliphatic heterocycles. The summed E-state index contributed by atoms with van der Waals surface area (Å²) in [6, 6.07) is 4.21. The predicted octanol–water partition coefficient (Wildman–Crippen LogP) is 0.867. The van der Waals surface area contributed by atoms with Gasteiger partial charge in [-0.2, -0.15) is 0 Å². The highest BCUT2D eigenvalue weighted by atomic mass is 16.5. The Labute approximate surface area is 90.6 Å². The molecule has 84 valence electrons. The first-order valence-corrected chi connectivity index (χ1v) is 4.95. The van der Waals surface area contributed by atoms with E-state index in [2.05, 4.69) is 10.3 Å². The van der Waals surface area contributed by atoms with Crippen LogP contribution in [0.1, 0.15) is 5.56 Å². The van der Waals surface area contributed by atoms with Crippen molar-refractivity contribution >= 4 is 0 Å². The summed E-state index contributed by atoms with van der Waals surface area (Å²) in [5.41, 5.74) is 1.17. The summed E-state index contributed by atoms with van der Waals surface area (Å²) >= 11 is 0. The zero-order valence-electron chi connectivity index (χ0n) is 9.49. The Morgan fingerprint density at radius 1 is 1.40 bits per heavy atom. The monoisotopic (exact) mass is 210 g/mol. The second-order valence-electron chi connectivity index (χ2n) is 3.35. The predicted molar refractivity (Wildman–Crippen MR) is 59.2 cm³/mol. The van der Waals surface area contributed by atoms with E-state index in [0.29, 0.717) is 18.5 Å². The maximum atomic E-state index is 5.10. The van der Waals surface area contributed by atoms with Crippen molar-refractivity contribution in [3.63, 3.8) is 0 Å². The molecule has 1 heterocycles. The van der Waals surface area contributed by atoms with Gasteiger partial charge >= 0.3 is 0 Å². The molecule has 4 nitrogen and oxygen atoms in total. The quantitative estimate of drug-likeness (QED) is 0.756. The lowest BCUT2D eigenvalue weighted by atomic mass is 10.1. The Balaban J connectivity index is 2.55. The van der Waals surface area contributed by atoms with Crippen LogP contribution in [0.4, 0.5) is 0 Å². The summed E-state index contributed by atoms with van der Waals surface area (Å²) in [7, 11) is 5.25. The number of methoxy groups -OCH3 is 2. The summed E-state index contributed by atoms with van der Waals surface area (Å²) in [6.45, 7) is 0.697. The third-order valence-corrected chi connectivity index (χ3v) is 2.26. The number of aromatic nitrogens is 1. The largest absolute Gasteiger partial charge is 0.481 e. The zero-order chi connectivity index (χ0) is 11.1. The Kier molecular flexibility index (Phi) is 5.07. The van der Waals surface area contributed by atoms with Crippen LogP contribution < -0.4 is 10.1 Å². The molecule has 1 aromatic rings. The van der Waals surface area contributed by atoms with E-state index in [9.17, 15) is 0 Å². The molecular weight excluding hydrogens is 192 g/mol. The molecule has 0 saturated heterocycles. The molecule has 0 aromatic carbocycles. The van der Waals surface area contributed by atoms with Crippen molar-refractivity contribution in [2.45, 2.75) is 12.5 Å². The number of pyridine rings is 1. The first kappa shape index (κ1) is 11.9. The standard InChI is InChI=1S/C11H18N2O2/c1-12-10(8-14-2)6-9-4-5-11(15-3)13-7-9/h4-5,7,10,12H,6,8H2,1-3H3. The van der Waals surface area contributed by atoms with E-state index in [4.69, 9.17) is 9.47 Å². The van der Waals surface area contributed by atoms with Crippen molar-refractivity contribution in [1.29, 1.82) is 0 Å². The van der Waals surface area contributed by atoms with Crippen LogP contribution in [-0.4, -0.2) is 38.9 Å². The van der Waals surface area contributed by atoms with E-state index in [-0.39, 0.29) is 0 Å². The summed E-state index contributed by atoms with van der Waals surface area (Å²) in [5, 5.41) is 3.20. The first-order chi connectivity index (χ1) is 7.30. The van der Waals surface area contributed by atoms with Gasteiger partial charge in [0.1, 0.15) is 0 Å². The number of hydrogen-bond acceptors (Lipinski definition) is 4. The van der Waals surface area contributed by atoms with Gasteiger partial charge in [-0.05, 0) is 19.0 Å². The van der Waals surface area contributed by atoms with Crippen molar-refractivity contribution in [2.24, 2.45) is 0 Å². The Hall–Kier alpha value is -1.13. The van der Waals surface area contributed by atoms with E-state index in [0.717, 1.165) is 6.42 Å². The normalized spacial score (nSPS) is 12.5. The van der Waals surface area contributed by atoms with Crippen molar-refractivity contribution in [3.8, 4) is 5.88 Å². The molecule has 0 aliphatic carbocycles. The SMILES string of the molecule is CNC(COC)Cc1ccc(OC)nc1. The number of ether oxygens (including phenoxy) is 2. The third kappa shape index (κ3) is 3.85. The molecule has 1 atom stereocenters. The van der Waals surface area contributed by atoms with Gasteiger partial charge in [-0.15, -0.1) is 0 Å². The fraction of sp³-hybridized carbons (Fsp3) is 0.545. The van der Waals surface area contributed by atoms with Gasteiger partial charge in [0.2, 0.25) is 5.88 Å². The van der Waals surface area contributed by atoms with Gasteiger partial charge in [-0.3, -0.25) is 0 Å². The molecule has 4 heteroatoms. The number of rotatable bonds is 6. The van der Waals surface area contributed by atoms with Gasteiger partial charge < -0.3 is 14.8 Å². The minimum absolute atomic E-state index is 0.324. The van der Waals surface area contributed by atoms with Gasteiger partial charge in [0, 0.05) is 25.4 Å². The fourth-order valence-corrected chi connectivity index (χ4v) is 1.38. The molecule has 15 heavy (non-hydrogen) atoms. The molecule has 0 radical (unpaired) electrons. The van der Waals surface area contributed by atoms with Crippen molar-refractivity contribution in [1.82, 2.24) is 10.3 Å². The van der Waals surface area contributed by atoms with Crippen LogP contribution in [0.25, 0.3) is 0 Å². The topological polar surface area (TPSA) is 43.4 Å². The summed E-state index contributed by atoms with van der Waals surface area (Å²) in [6.07, 6.45) is 2.74. The van der Waals surface area contributed by atoms with E-state index in [1.54, 1.807) is 14.2 Å². The van der Waals surface area contributed by atoms with Crippen molar-refractivity contribution in [3.05, 3.63) is 23.9 Å². The maximum Gasteiger partial charge on any atom is 0.212 e. The van der Waals surface area contributed by atoms with Crippen LogP contribution in [0.2, 0.25) is 0 Å². The van der Waals surface area contributed by atoms with Crippen LogP contribution in [0.15, 0.2) is 18.3 Å². The third-order valence-electron chi connectivity index (χ3n) is 2.26. The molecule has 0 aliphatic rings. The van der Waals surface area contributed by atoms with Gasteiger partial charge in [0.25, 0.3) is 0 Å². The summed E-state index contributed by atoms with van der Waals surface area (Å²) in [4.78, 5) is 4.15. The number of nitrogens with one attached hydrogen (secondary N) is 1. The Morgan fingerprint density at radius 2 is 2.20 bits per heavy atom. The average Bonchev–Trinajstić information content (AvgIpc) is 2.29. The molecule has 0 amide bonds. The summed E-state index contributed by atoms with van der Waals surface area (Å²) < 4.78 is 10.1. The number of hydrogen-bond donors (Lipinski definition) is 1. The van der Waals surface area contributed by atoms with E-state index in [1.165, 1.54) is 5.56 Å². The highest BCUT2D eigenvalue weighted by Gasteiger charge is 2.06. The van der Waals surface area contributed by atoms with Crippen molar-refractivity contribution < 1.29 is 9.47 Å². The smallest absolute Gasteiger partial charge is 0.212 e. The highest BCUT2D eigenvalue weighted by Crippen LogP contribution is 2.08. The molecule has 1 rings (SSSR count). The molecule has 0 spiro atoms. The first-order valence-electron chi connectivity index (χ1n) is 4.95. The van der Waals surface area contributed by atoms with Crippen LogP contribution in [0.3, 0.4) is 0 Å². The van der Waals surface area contributed by atoms with Gasteiger partial charge in [0.15, 0.2) is 0 Å². The minimum Gasteiger partial charge on any atom is -0.481 e. The molecule has 1 unspecified atom stereocenters. The van der Waals surface area contributed by atoms with Crippen LogP contribution in [0, 0.1) is 0 Å². The highest BCUT2D eigenvalue weighted by molar-refractivity contribution is 5.18. The molecule has 0 bridgehead atoms. The lowest BCUT2D eigenvalue weighted by Gasteiger charge is -2.14. The van der Waals surface area contributed by atoms with Crippen LogP contribution >= 0.6 is 0 Å². The second kappa shape index (κ2) is 6.37. The Bertz CT molecular complexity index is 274. The maximum absolute atomic E-state index is 5.10.